The minimum absolute atomic E-state index is 0.0829. The number of amides is 1. The molecule has 1 fully saturated rings. The number of morpholine rings is 1. The van der Waals surface area contributed by atoms with Gasteiger partial charge in [-0.25, -0.2) is 0 Å². The molecule has 1 aliphatic rings. The van der Waals surface area contributed by atoms with Gasteiger partial charge in [-0.1, -0.05) is 0 Å². The molecule has 2 rings (SSSR count). The molecule has 6 nitrogen and oxygen atoms in total. The van der Waals surface area contributed by atoms with Crippen molar-refractivity contribution in [2.24, 2.45) is 7.05 Å². The summed E-state index contributed by atoms with van der Waals surface area (Å²) in [7, 11) is 1.79. The fraction of sp³-hybridized carbons (Fsp3) is 0.667. The number of aryl methyl sites for hydroxylation is 1. The topological polar surface area (TPSA) is 59.4 Å². The molecule has 0 aromatic carbocycles. The van der Waals surface area contributed by atoms with Crippen molar-refractivity contribution in [2.75, 3.05) is 32.8 Å². The highest BCUT2D eigenvalue weighted by molar-refractivity contribution is 9.10. The lowest BCUT2D eigenvalue weighted by molar-refractivity contribution is 0.0342. The summed E-state index contributed by atoms with van der Waals surface area (Å²) in [4.78, 5) is 14.4. The molecule has 0 aliphatic carbocycles. The first-order valence-electron chi connectivity index (χ1n) is 6.36. The van der Waals surface area contributed by atoms with Gasteiger partial charge in [-0.2, -0.15) is 5.10 Å². The van der Waals surface area contributed by atoms with Crippen LogP contribution in [0.2, 0.25) is 0 Å². The Labute approximate surface area is 121 Å². The van der Waals surface area contributed by atoms with Gasteiger partial charge in [-0.15, -0.1) is 0 Å². The van der Waals surface area contributed by atoms with E-state index in [-0.39, 0.29) is 11.9 Å². The summed E-state index contributed by atoms with van der Waals surface area (Å²) in [5, 5.41) is 7.10. The zero-order valence-corrected chi connectivity index (χ0v) is 12.8. The summed E-state index contributed by atoms with van der Waals surface area (Å²) in [6.07, 6.45) is 1.77. The predicted molar refractivity (Wildman–Crippen MR) is 75.1 cm³/mol. The van der Waals surface area contributed by atoms with Gasteiger partial charge in [0, 0.05) is 38.9 Å². The normalized spacial score (nSPS) is 18.3. The molecule has 7 heteroatoms. The summed E-state index contributed by atoms with van der Waals surface area (Å²) >= 11 is 3.34. The maximum Gasteiger partial charge on any atom is 0.273 e. The molecule has 1 N–H and O–H groups in total. The van der Waals surface area contributed by atoms with Gasteiger partial charge >= 0.3 is 0 Å². The molecule has 1 amide bonds. The Balaban J connectivity index is 1.86. The van der Waals surface area contributed by atoms with E-state index in [1.165, 1.54) is 0 Å². The van der Waals surface area contributed by atoms with Crippen LogP contribution < -0.4 is 5.32 Å². The standard InChI is InChI=1S/C12H19BrN4O2/c1-9(7-17-3-5-19-6-4-17)14-12(18)11-10(13)8-16(2)15-11/h8-9H,3-7H2,1-2H3,(H,14,18)/t9-/m0/s1. The number of nitrogens with one attached hydrogen (secondary N) is 1. The van der Waals surface area contributed by atoms with E-state index in [4.69, 9.17) is 4.74 Å². The molecule has 0 spiro atoms. The zero-order chi connectivity index (χ0) is 13.8. The van der Waals surface area contributed by atoms with Crippen LogP contribution in [0.4, 0.5) is 0 Å². The van der Waals surface area contributed by atoms with Crippen LogP contribution in [0.25, 0.3) is 0 Å². The fourth-order valence-electron chi connectivity index (χ4n) is 2.12. The highest BCUT2D eigenvalue weighted by atomic mass is 79.9. The number of hydrogen-bond donors (Lipinski definition) is 1. The van der Waals surface area contributed by atoms with E-state index in [1.54, 1.807) is 17.9 Å². The minimum atomic E-state index is -0.145. The summed E-state index contributed by atoms with van der Waals surface area (Å²) in [6, 6.07) is 0.0829. The van der Waals surface area contributed by atoms with Gasteiger partial charge in [0.15, 0.2) is 5.69 Å². The molecule has 1 aromatic heterocycles. The Morgan fingerprint density at radius 3 is 2.84 bits per heavy atom. The van der Waals surface area contributed by atoms with Gasteiger partial charge in [-0.05, 0) is 22.9 Å². The highest BCUT2D eigenvalue weighted by Crippen LogP contribution is 2.14. The summed E-state index contributed by atoms with van der Waals surface area (Å²) < 4.78 is 7.63. The molecule has 0 bridgehead atoms. The van der Waals surface area contributed by atoms with E-state index in [1.807, 2.05) is 6.92 Å². The Kier molecular flexibility index (Phi) is 4.95. The average molecular weight is 331 g/mol. The summed E-state index contributed by atoms with van der Waals surface area (Å²) in [6.45, 7) is 6.23. The zero-order valence-electron chi connectivity index (χ0n) is 11.2. The molecular weight excluding hydrogens is 312 g/mol. The SMILES string of the molecule is C[C@@H](CN1CCOCC1)NC(=O)c1nn(C)cc1Br. The van der Waals surface area contributed by atoms with Gasteiger partial charge < -0.3 is 10.1 Å². The van der Waals surface area contributed by atoms with E-state index in [0.717, 1.165) is 32.8 Å². The van der Waals surface area contributed by atoms with Crippen molar-refractivity contribution in [3.63, 3.8) is 0 Å². The maximum atomic E-state index is 12.1. The Morgan fingerprint density at radius 1 is 1.58 bits per heavy atom. The molecule has 1 aliphatic heterocycles. The first-order valence-corrected chi connectivity index (χ1v) is 7.15. The number of aromatic nitrogens is 2. The number of ether oxygens (including phenoxy) is 1. The minimum Gasteiger partial charge on any atom is -0.379 e. The maximum absolute atomic E-state index is 12.1. The summed E-state index contributed by atoms with van der Waals surface area (Å²) in [5.74, 6) is -0.145. The number of hydrogen-bond acceptors (Lipinski definition) is 4. The van der Waals surface area contributed by atoms with Crippen molar-refractivity contribution in [3.05, 3.63) is 16.4 Å². The molecule has 0 unspecified atom stereocenters. The van der Waals surface area contributed by atoms with Crippen molar-refractivity contribution < 1.29 is 9.53 Å². The van der Waals surface area contributed by atoms with Crippen molar-refractivity contribution in [1.29, 1.82) is 0 Å². The molecule has 0 saturated carbocycles. The third-order valence-electron chi connectivity index (χ3n) is 3.01. The largest absolute Gasteiger partial charge is 0.379 e. The van der Waals surface area contributed by atoms with Gasteiger partial charge in [0.05, 0.1) is 17.7 Å². The number of carbonyl (C=O) groups is 1. The first kappa shape index (κ1) is 14.5. The summed E-state index contributed by atoms with van der Waals surface area (Å²) in [5.41, 5.74) is 0.427. The van der Waals surface area contributed by atoms with E-state index in [2.05, 4.69) is 31.2 Å². The number of carbonyl (C=O) groups excluding carboxylic acids is 1. The second kappa shape index (κ2) is 6.49. The quantitative estimate of drug-likeness (QED) is 0.879. The molecule has 0 radical (unpaired) electrons. The van der Waals surface area contributed by atoms with Gasteiger partial charge in [0.2, 0.25) is 0 Å². The van der Waals surface area contributed by atoms with E-state index in [9.17, 15) is 4.79 Å². The lowest BCUT2D eigenvalue weighted by Crippen LogP contribution is -2.46. The van der Waals surface area contributed by atoms with Crippen molar-refractivity contribution in [3.8, 4) is 0 Å². The number of rotatable bonds is 4. The smallest absolute Gasteiger partial charge is 0.273 e. The van der Waals surface area contributed by atoms with Crippen LogP contribution >= 0.6 is 15.9 Å². The van der Waals surface area contributed by atoms with Crippen molar-refractivity contribution in [2.45, 2.75) is 13.0 Å². The van der Waals surface area contributed by atoms with Gasteiger partial charge in [0.1, 0.15) is 0 Å². The molecule has 106 valence electrons. The molecule has 1 saturated heterocycles. The predicted octanol–water partition coefficient (Wildman–Crippen LogP) is 0.633. The Hall–Kier alpha value is -0.920. The van der Waals surface area contributed by atoms with Crippen LogP contribution in [0.1, 0.15) is 17.4 Å². The second-order valence-electron chi connectivity index (χ2n) is 4.79. The second-order valence-corrected chi connectivity index (χ2v) is 5.64. The van der Waals surface area contributed by atoms with Crippen LogP contribution in [-0.2, 0) is 11.8 Å². The highest BCUT2D eigenvalue weighted by Gasteiger charge is 2.19. The lowest BCUT2D eigenvalue weighted by Gasteiger charge is -2.29. The van der Waals surface area contributed by atoms with E-state index >= 15 is 0 Å². The monoisotopic (exact) mass is 330 g/mol. The third-order valence-corrected chi connectivity index (χ3v) is 3.59. The van der Waals surface area contributed by atoms with Crippen LogP contribution in [0, 0.1) is 0 Å². The first-order chi connectivity index (χ1) is 9.06. The Morgan fingerprint density at radius 2 is 2.26 bits per heavy atom. The Bertz CT molecular complexity index is 443. The van der Waals surface area contributed by atoms with Crippen LogP contribution in [0.3, 0.4) is 0 Å². The average Bonchev–Trinajstić information content (AvgIpc) is 2.69. The van der Waals surface area contributed by atoms with Crippen LogP contribution in [0.15, 0.2) is 10.7 Å². The van der Waals surface area contributed by atoms with Gasteiger partial charge in [-0.3, -0.25) is 14.4 Å². The van der Waals surface area contributed by atoms with Crippen molar-refractivity contribution in [1.82, 2.24) is 20.0 Å². The van der Waals surface area contributed by atoms with E-state index < -0.39 is 0 Å². The number of nitrogens with zero attached hydrogens (tertiary/aromatic N) is 3. The molecule has 1 atom stereocenters. The molecule has 1 aromatic rings. The molecule has 19 heavy (non-hydrogen) atoms. The van der Waals surface area contributed by atoms with Crippen LogP contribution in [0.5, 0.6) is 0 Å². The fourth-order valence-corrected chi connectivity index (χ4v) is 2.68. The van der Waals surface area contributed by atoms with Gasteiger partial charge in [0.25, 0.3) is 5.91 Å². The van der Waals surface area contributed by atoms with E-state index in [0.29, 0.717) is 10.2 Å². The molecular formula is C12H19BrN4O2. The third kappa shape index (κ3) is 4.02. The lowest BCUT2D eigenvalue weighted by atomic mass is 10.2. The number of halogens is 1. The van der Waals surface area contributed by atoms with Crippen LogP contribution in [-0.4, -0.2) is 59.5 Å². The van der Waals surface area contributed by atoms with Crippen molar-refractivity contribution >= 4 is 21.8 Å². The molecule has 2 heterocycles.